The summed E-state index contributed by atoms with van der Waals surface area (Å²) in [6.07, 6.45) is 0. The summed E-state index contributed by atoms with van der Waals surface area (Å²) in [6, 6.07) is 6.02. The van der Waals surface area contributed by atoms with Gasteiger partial charge in [0.1, 0.15) is 0 Å². The van der Waals surface area contributed by atoms with Crippen molar-refractivity contribution in [3.05, 3.63) is 34.5 Å². The molecular formula is C11H13ClN2. The van der Waals surface area contributed by atoms with Gasteiger partial charge in [-0.3, -0.25) is 0 Å². The molecule has 3 heteroatoms. The summed E-state index contributed by atoms with van der Waals surface area (Å²) < 4.78 is 2.11. The fourth-order valence-corrected chi connectivity index (χ4v) is 2.08. The van der Waals surface area contributed by atoms with Crippen LogP contribution < -0.4 is 5.73 Å². The van der Waals surface area contributed by atoms with E-state index in [2.05, 4.69) is 17.6 Å². The third-order valence-electron chi connectivity index (χ3n) is 2.65. The van der Waals surface area contributed by atoms with Crippen molar-refractivity contribution >= 4 is 22.5 Å². The fraction of sp³-hybridized carbons (Fsp3) is 0.273. The molecule has 0 aliphatic carbocycles. The van der Waals surface area contributed by atoms with Gasteiger partial charge in [-0.1, -0.05) is 17.7 Å². The third-order valence-corrected chi connectivity index (χ3v) is 2.98. The molecule has 2 aromatic rings. The first kappa shape index (κ1) is 9.56. The van der Waals surface area contributed by atoms with Gasteiger partial charge in [0.2, 0.25) is 0 Å². The highest BCUT2D eigenvalue weighted by Crippen LogP contribution is 2.28. The van der Waals surface area contributed by atoms with Gasteiger partial charge in [-0.05, 0) is 24.6 Å². The molecule has 0 aliphatic heterocycles. The minimum Gasteiger partial charge on any atom is -0.346 e. The summed E-state index contributed by atoms with van der Waals surface area (Å²) in [5, 5.41) is 1.88. The Bertz CT molecular complexity index is 485. The molecule has 14 heavy (non-hydrogen) atoms. The highest BCUT2D eigenvalue weighted by Gasteiger charge is 2.09. The maximum atomic E-state index is 6.12. The van der Waals surface area contributed by atoms with Gasteiger partial charge in [-0.15, -0.1) is 0 Å². The van der Waals surface area contributed by atoms with Crippen LogP contribution in [-0.4, -0.2) is 4.57 Å². The number of halogens is 1. The molecule has 2 nitrogen and oxygen atoms in total. The van der Waals surface area contributed by atoms with E-state index in [0.29, 0.717) is 6.54 Å². The van der Waals surface area contributed by atoms with Crippen LogP contribution in [0.3, 0.4) is 0 Å². The molecule has 2 rings (SSSR count). The number of nitrogens with two attached hydrogens (primary N) is 1. The SMILES string of the molecule is Cc1ccc(Cl)c2cc(CN)n(C)c12. The summed E-state index contributed by atoms with van der Waals surface area (Å²) in [5.74, 6) is 0. The molecule has 1 heterocycles. The molecule has 0 unspecified atom stereocenters. The summed E-state index contributed by atoms with van der Waals surface area (Å²) in [4.78, 5) is 0. The quantitative estimate of drug-likeness (QED) is 0.768. The number of hydrogen-bond donors (Lipinski definition) is 1. The molecule has 0 saturated carbocycles. The van der Waals surface area contributed by atoms with Crippen LogP contribution in [0, 0.1) is 6.92 Å². The van der Waals surface area contributed by atoms with Crippen LogP contribution in [0.2, 0.25) is 5.02 Å². The van der Waals surface area contributed by atoms with Gasteiger partial charge >= 0.3 is 0 Å². The first-order valence-electron chi connectivity index (χ1n) is 4.58. The molecule has 1 aromatic heterocycles. The minimum absolute atomic E-state index is 0.543. The Morgan fingerprint density at radius 2 is 2.14 bits per heavy atom. The van der Waals surface area contributed by atoms with Crippen molar-refractivity contribution < 1.29 is 0 Å². The van der Waals surface area contributed by atoms with Crippen LogP contribution in [0.15, 0.2) is 18.2 Å². The van der Waals surface area contributed by atoms with Gasteiger partial charge in [0.25, 0.3) is 0 Å². The molecule has 1 aromatic carbocycles. The molecule has 0 bridgehead atoms. The van der Waals surface area contributed by atoms with E-state index in [9.17, 15) is 0 Å². The van der Waals surface area contributed by atoms with Gasteiger partial charge in [-0.25, -0.2) is 0 Å². The Kier molecular flexibility index (Phi) is 2.25. The predicted molar refractivity (Wildman–Crippen MR) is 60.6 cm³/mol. The van der Waals surface area contributed by atoms with Crippen LogP contribution in [0.1, 0.15) is 11.3 Å². The average Bonchev–Trinajstić information content (AvgIpc) is 2.51. The molecule has 0 radical (unpaired) electrons. The Balaban J connectivity index is 2.90. The van der Waals surface area contributed by atoms with Crippen molar-refractivity contribution in [2.24, 2.45) is 12.8 Å². The number of benzene rings is 1. The third kappa shape index (κ3) is 1.22. The first-order chi connectivity index (χ1) is 6.65. The smallest absolute Gasteiger partial charge is 0.0525 e. The average molecular weight is 209 g/mol. The van der Waals surface area contributed by atoms with Crippen molar-refractivity contribution in [2.75, 3.05) is 0 Å². The van der Waals surface area contributed by atoms with Gasteiger partial charge in [0, 0.05) is 29.7 Å². The highest BCUT2D eigenvalue weighted by molar-refractivity contribution is 6.35. The van der Waals surface area contributed by atoms with Crippen LogP contribution in [-0.2, 0) is 13.6 Å². The van der Waals surface area contributed by atoms with Crippen LogP contribution in [0.5, 0.6) is 0 Å². The Morgan fingerprint density at radius 3 is 2.71 bits per heavy atom. The molecule has 0 amide bonds. The number of aryl methyl sites for hydroxylation is 2. The lowest BCUT2D eigenvalue weighted by Gasteiger charge is -2.04. The molecule has 0 fully saturated rings. The standard InChI is InChI=1S/C11H13ClN2/c1-7-3-4-10(12)9-5-8(6-13)14(2)11(7)9/h3-5H,6,13H2,1-2H3. The second-order valence-corrected chi connectivity index (χ2v) is 3.93. The van der Waals surface area contributed by atoms with E-state index in [0.717, 1.165) is 16.1 Å². The lowest BCUT2D eigenvalue weighted by atomic mass is 10.1. The topological polar surface area (TPSA) is 30.9 Å². The lowest BCUT2D eigenvalue weighted by Crippen LogP contribution is -2.02. The van der Waals surface area contributed by atoms with Crippen LogP contribution in [0.25, 0.3) is 10.9 Å². The van der Waals surface area contributed by atoms with Gasteiger partial charge in [0.05, 0.1) is 5.52 Å². The van der Waals surface area contributed by atoms with E-state index < -0.39 is 0 Å². The molecule has 0 saturated heterocycles. The summed E-state index contributed by atoms with van der Waals surface area (Å²) >= 11 is 6.12. The Labute approximate surface area is 88.3 Å². The van der Waals surface area contributed by atoms with Crippen LogP contribution >= 0.6 is 11.6 Å². The zero-order valence-corrected chi connectivity index (χ0v) is 9.10. The normalized spacial score (nSPS) is 11.1. The molecule has 0 spiro atoms. The molecular weight excluding hydrogens is 196 g/mol. The minimum atomic E-state index is 0.543. The van der Waals surface area contributed by atoms with E-state index in [1.165, 1.54) is 11.1 Å². The molecule has 2 N–H and O–H groups in total. The summed E-state index contributed by atoms with van der Waals surface area (Å²) in [5.41, 5.74) is 9.17. The molecule has 0 aliphatic rings. The van der Waals surface area contributed by atoms with Crippen molar-refractivity contribution in [1.82, 2.24) is 4.57 Å². The van der Waals surface area contributed by atoms with Crippen molar-refractivity contribution in [2.45, 2.75) is 13.5 Å². The fourth-order valence-electron chi connectivity index (χ4n) is 1.88. The zero-order chi connectivity index (χ0) is 10.3. The molecule has 74 valence electrons. The number of hydrogen-bond acceptors (Lipinski definition) is 1. The van der Waals surface area contributed by atoms with Crippen molar-refractivity contribution in [1.29, 1.82) is 0 Å². The van der Waals surface area contributed by atoms with Gasteiger partial charge in [0.15, 0.2) is 0 Å². The monoisotopic (exact) mass is 208 g/mol. The predicted octanol–water partition coefficient (Wildman–Crippen LogP) is 2.60. The van der Waals surface area contributed by atoms with Gasteiger partial charge < -0.3 is 10.3 Å². The zero-order valence-electron chi connectivity index (χ0n) is 8.34. The van der Waals surface area contributed by atoms with Crippen LogP contribution in [0.4, 0.5) is 0 Å². The van der Waals surface area contributed by atoms with E-state index in [4.69, 9.17) is 17.3 Å². The van der Waals surface area contributed by atoms with Crippen molar-refractivity contribution in [3.63, 3.8) is 0 Å². The van der Waals surface area contributed by atoms with E-state index >= 15 is 0 Å². The van der Waals surface area contributed by atoms with Gasteiger partial charge in [-0.2, -0.15) is 0 Å². The maximum absolute atomic E-state index is 6.12. The highest BCUT2D eigenvalue weighted by atomic mass is 35.5. The lowest BCUT2D eigenvalue weighted by molar-refractivity contribution is 0.847. The molecule has 0 atom stereocenters. The van der Waals surface area contributed by atoms with E-state index in [-0.39, 0.29) is 0 Å². The summed E-state index contributed by atoms with van der Waals surface area (Å²) in [7, 11) is 2.02. The second kappa shape index (κ2) is 3.30. The van der Waals surface area contributed by atoms with E-state index in [1.807, 2.05) is 19.2 Å². The van der Waals surface area contributed by atoms with Crippen molar-refractivity contribution in [3.8, 4) is 0 Å². The Hall–Kier alpha value is -0.990. The largest absolute Gasteiger partial charge is 0.346 e. The first-order valence-corrected chi connectivity index (χ1v) is 4.96. The number of nitrogens with zero attached hydrogens (tertiary/aromatic N) is 1. The maximum Gasteiger partial charge on any atom is 0.0525 e. The summed E-state index contributed by atoms with van der Waals surface area (Å²) in [6.45, 7) is 2.62. The number of aromatic nitrogens is 1. The number of fused-ring (bicyclic) bond motifs is 1. The van der Waals surface area contributed by atoms with E-state index in [1.54, 1.807) is 0 Å². The second-order valence-electron chi connectivity index (χ2n) is 3.53. The Morgan fingerprint density at radius 1 is 1.43 bits per heavy atom. The number of rotatable bonds is 1.